The normalized spacial score (nSPS) is 15.5. The molecule has 3 amide bonds. The van der Waals surface area contributed by atoms with Crippen LogP contribution in [0.25, 0.3) is 0 Å². The van der Waals surface area contributed by atoms with E-state index in [1.165, 1.54) is 4.90 Å². The highest BCUT2D eigenvalue weighted by Crippen LogP contribution is 2.29. The summed E-state index contributed by atoms with van der Waals surface area (Å²) in [5.41, 5.74) is 0.383. The molecule has 0 radical (unpaired) electrons. The Bertz CT molecular complexity index is 601. The molecule has 0 saturated carbocycles. The minimum atomic E-state index is -0.144. The first-order valence-corrected chi connectivity index (χ1v) is 9.01. The maximum atomic E-state index is 12.2. The summed E-state index contributed by atoms with van der Waals surface area (Å²) in [6.07, 6.45) is 2.58. The first-order chi connectivity index (χ1) is 11.8. The Morgan fingerprint density at radius 2 is 1.96 bits per heavy atom. The number of nitrogens with zero attached hydrogens (tertiary/aromatic N) is 3. The molecule has 0 bridgehead atoms. The summed E-state index contributed by atoms with van der Waals surface area (Å²) in [5, 5.41) is 2.98. The average Bonchev–Trinajstić information content (AvgIpc) is 2.95. The molecule has 7 nitrogen and oxygen atoms in total. The highest BCUT2D eigenvalue weighted by atomic mass is 16.4. The van der Waals surface area contributed by atoms with Crippen molar-refractivity contribution in [2.45, 2.75) is 46.0 Å². The third-order valence-corrected chi connectivity index (χ3v) is 4.55. The van der Waals surface area contributed by atoms with E-state index in [0.717, 1.165) is 19.3 Å². The van der Waals surface area contributed by atoms with Crippen LogP contribution in [0.4, 0.5) is 4.79 Å². The Kier molecular flexibility index (Phi) is 6.45. The number of hydrogen-bond acceptors (Lipinski definition) is 4. The predicted octanol–water partition coefficient (Wildman–Crippen LogP) is 2.62. The highest BCUT2D eigenvalue weighted by Gasteiger charge is 2.29. The number of amides is 3. The van der Waals surface area contributed by atoms with Gasteiger partial charge in [-0.15, -0.1) is 0 Å². The Balaban J connectivity index is 1.89. The van der Waals surface area contributed by atoms with Crippen molar-refractivity contribution in [2.75, 3.05) is 33.7 Å². The lowest BCUT2D eigenvalue weighted by atomic mass is 9.97. The van der Waals surface area contributed by atoms with Crippen LogP contribution >= 0.6 is 0 Å². The first kappa shape index (κ1) is 19.3. The minimum absolute atomic E-state index is 0.00570. The fourth-order valence-corrected chi connectivity index (χ4v) is 2.91. The van der Waals surface area contributed by atoms with Crippen LogP contribution in [0.2, 0.25) is 0 Å². The largest absolute Gasteiger partial charge is 0.445 e. The van der Waals surface area contributed by atoms with Crippen molar-refractivity contribution in [3.05, 3.63) is 17.3 Å². The van der Waals surface area contributed by atoms with Crippen LogP contribution in [-0.4, -0.2) is 60.5 Å². The zero-order chi connectivity index (χ0) is 18.6. The van der Waals surface area contributed by atoms with E-state index in [9.17, 15) is 9.59 Å². The molecule has 7 heteroatoms. The lowest BCUT2D eigenvalue weighted by Crippen LogP contribution is -2.44. The second-order valence-electron chi connectivity index (χ2n) is 7.33. The number of carbonyl (C=O) groups is 2. The van der Waals surface area contributed by atoms with Gasteiger partial charge in [0.05, 0.1) is 0 Å². The number of piperidine rings is 1. The van der Waals surface area contributed by atoms with Crippen molar-refractivity contribution in [2.24, 2.45) is 5.92 Å². The summed E-state index contributed by atoms with van der Waals surface area (Å²) in [6.45, 7) is 8.12. The monoisotopic (exact) mass is 350 g/mol. The second kappa shape index (κ2) is 8.36. The summed E-state index contributed by atoms with van der Waals surface area (Å²) in [4.78, 5) is 32.0. The molecule has 1 aliphatic rings. The van der Waals surface area contributed by atoms with Crippen LogP contribution in [-0.2, 0) is 0 Å². The van der Waals surface area contributed by atoms with Crippen LogP contribution in [0, 0.1) is 12.8 Å². The Morgan fingerprint density at radius 1 is 1.32 bits per heavy atom. The number of likely N-dealkylation sites (tertiary alicyclic amines) is 1. The summed E-state index contributed by atoms with van der Waals surface area (Å²) in [5.74, 6) is 1.76. The van der Waals surface area contributed by atoms with Gasteiger partial charge in [-0.05, 0) is 32.1 Å². The molecule has 0 spiro atoms. The SMILES string of the molecule is Cc1oc(C2CCN(C(=O)NCCC(C)C)CC2)nc1C(=O)N(C)C. The summed E-state index contributed by atoms with van der Waals surface area (Å²) < 4.78 is 5.73. The maximum absolute atomic E-state index is 12.2. The molecule has 0 aliphatic carbocycles. The number of aryl methyl sites for hydroxylation is 1. The molecule has 140 valence electrons. The third-order valence-electron chi connectivity index (χ3n) is 4.55. The Labute approximate surface area is 149 Å². The molecule has 1 N–H and O–H groups in total. The van der Waals surface area contributed by atoms with Gasteiger partial charge in [0.25, 0.3) is 5.91 Å². The third kappa shape index (κ3) is 4.96. The zero-order valence-electron chi connectivity index (χ0n) is 16.0. The fraction of sp³-hybridized carbons (Fsp3) is 0.722. The molecule has 2 rings (SSSR count). The van der Waals surface area contributed by atoms with Crippen molar-refractivity contribution in [3.8, 4) is 0 Å². The van der Waals surface area contributed by atoms with E-state index in [-0.39, 0.29) is 17.9 Å². The van der Waals surface area contributed by atoms with Crippen LogP contribution in [0.3, 0.4) is 0 Å². The Hall–Kier alpha value is -2.05. The number of hydrogen-bond donors (Lipinski definition) is 1. The van der Waals surface area contributed by atoms with Gasteiger partial charge in [0, 0.05) is 39.6 Å². The van der Waals surface area contributed by atoms with Gasteiger partial charge in [-0.2, -0.15) is 0 Å². The topological polar surface area (TPSA) is 78.7 Å². The number of nitrogens with one attached hydrogen (secondary N) is 1. The summed E-state index contributed by atoms with van der Waals surface area (Å²) in [6, 6.07) is 0.00570. The number of oxazole rings is 1. The molecule has 0 atom stereocenters. The molecular weight excluding hydrogens is 320 g/mol. The lowest BCUT2D eigenvalue weighted by Gasteiger charge is -2.30. The van der Waals surface area contributed by atoms with Crippen molar-refractivity contribution in [1.29, 1.82) is 0 Å². The van der Waals surface area contributed by atoms with Gasteiger partial charge in [-0.1, -0.05) is 13.8 Å². The van der Waals surface area contributed by atoms with Crippen LogP contribution in [0.1, 0.15) is 61.2 Å². The van der Waals surface area contributed by atoms with Crippen molar-refractivity contribution < 1.29 is 14.0 Å². The molecule has 25 heavy (non-hydrogen) atoms. The van der Waals surface area contributed by atoms with E-state index in [1.54, 1.807) is 21.0 Å². The van der Waals surface area contributed by atoms with Gasteiger partial charge in [0.1, 0.15) is 5.76 Å². The number of rotatable bonds is 5. The summed E-state index contributed by atoms with van der Waals surface area (Å²) >= 11 is 0. The molecule has 0 aromatic carbocycles. The van der Waals surface area contributed by atoms with E-state index in [2.05, 4.69) is 24.1 Å². The lowest BCUT2D eigenvalue weighted by molar-refractivity contribution is 0.0821. The molecule has 1 fully saturated rings. The molecule has 0 unspecified atom stereocenters. The highest BCUT2D eigenvalue weighted by molar-refractivity contribution is 5.92. The zero-order valence-corrected chi connectivity index (χ0v) is 16.0. The first-order valence-electron chi connectivity index (χ1n) is 9.01. The molecule has 1 aromatic heterocycles. The number of aromatic nitrogens is 1. The van der Waals surface area contributed by atoms with Crippen LogP contribution < -0.4 is 5.32 Å². The second-order valence-corrected chi connectivity index (χ2v) is 7.33. The quantitative estimate of drug-likeness (QED) is 0.885. The van der Waals surface area contributed by atoms with E-state index in [0.29, 0.717) is 42.9 Å². The minimum Gasteiger partial charge on any atom is -0.445 e. The summed E-state index contributed by atoms with van der Waals surface area (Å²) in [7, 11) is 3.40. The van der Waals surface area contributed by atoms with Crippen molar-refractivity contribution >= 4 is 11.9 Å². The van der Waals surface area contributed by atoms with Crippen LogP contribution in [0.5, 0.6) is 0 Å². The molecule has 1 aromatic rings. The van der Waals surface area contributed by atoms with E-state index < -0.39 is 0 Å². The van der Waals surface area contributed by atoms with E-state index in [1.807, 2.05) is 4.90 Å². The van der Waals surface area contributed by atoms with E-state index in [4.69, 9.17) is 4.42 Å². The Morgan fingerprint density at radius 3 is 2.52 bits per heavy atom. The number of carbonyl (C=O) groups excluding carboxylic acids is 2. The van der Waals surface area contributed by atoms with Crippen LogP contribution in [0.15, 0.2) is 4.42 Å². The molecule has 1 aliphatic heterocycles. The maximum Gasteiger partial charge on any atom is 0.317 e. The molecular formula is C18H30N4O3. The fourth-order valence-electron chi connectivity index (χ4n) is 2.91. The predicted molar refractivity (Wildman–Crippen MR) is 95.7 cm³/mol. The van der Waals surface area contributed by atoms with E-state index >= 15 is 0 Å². The smallest absolute Gasteiger partial charge is 0.317 e. The number of urea groups is 1. The molecule has 2 heterocycles. The van der Waals surface area contributed by atoms with Crippen molar-refractivity contribution in [3.63, 3.8) is 0 Å². The van der Waals surface area contributed by atoms with Gasteiger partial charge in [0.2, 0.25) is 0 Å². The van der Waals surface area contributed by atoms with Gasteiger partial charge >= 0.3 is 6.03 Å². The average molecular weight is 350 g/mol. The van der Waals surface area contributed by atoms with Gasteiger partial charge in [-0.3, -0.25) is 4.79 Å². The standard InChI is InChI=1S/C18H30N4O3/c1-12(2)6-9-19-18(24)22-10-7-14(8-11-22)16-20-15(13(3)25-16)17(23)21(4)5/h12,14H,6-11H2,1-5H3,(H,19,24). The van der Waals surface area contributed by atoms with Gasteiger partial charge in [-0.25, -0.2) is 9.78 Å². The molecule has 1 saturated heterocycles. The van der Waals surface area contributed by atoms with Gasteiger partial charge in [0.15, 0.2) is 11.6 Å². The van der Waals surface area contributed by atoms with Crippen molar-refractivity contribution in [1.82, 2.24) is 20.1 Å². The van der Waals surface area contributed by atoms with Gasteiger partial charge < -0.3 is 19.5 Å².